The quantitative estimate of drug-likeness (QED) is 0.608. The van der Waals surface area contributed by atoms with Gasteiger partial charge in [-0.1, -0.05) is 0 Å². The summed E-state index contributed by atoms with van der Waals surface area (Å²) in [6.45, 7) is 1.90. The summed E-state index contributed by atoms with van der Waals surface area (Å²) < 4.78 is 38.5. The van der Waals surface area contributed by atoms with Crippen LogP contribution in [-0.4, -0.2) is 29.8 Å². The van der Waals surface area contributed by atoms with Crippen molar-refractivity contribution in [1.82, 2.24) is 4.90 Å². The number of carbonyl (C=O) groups excluding carboxylic acids is 1. The van der Waals surface area contributed by atoms with Gasteiger partial charge in [-0.05, 0) is 19.1 Å². The Hall–Kier alpha value is -1.23. The number of carbonyl (C=O) groups is 1. The molecule has 1 aromatic carbocycles. The van der Waals surface area contributed by atoms with Crippen molar-refractivity contribution in [2.75, 3.05) is 13.6 Å². The van der Waals surface area contributed by atoms with Gasteiger partial charge < -0.3 is 4.90 Å². The number of rotatable bonds is 3. The SMILES string of the molecule is CC(Cl)CN(C)C(=O)c1cc(F)c(F)c(F)c1. The standard InChI is InChI=1S/C11H11ClF3NO/c1-6(12)5-16(2)11(17)7-3-8(13)10(15)9(14)4-7/h3-4,6H,5H2,1-2H3. The largest absolute Gasteiger partial charge is 0.340 e. The van der Waals surface area contributed by atoms with E-state index in [2.05, 4.69) is 0 Å². The molecule has 1 unspecified atom stereocenters. The highest BCUT2D eigenvalue weighted by atomic mass is 35.5. The Bertz CT molecular complexity index is 414. The Morgan fingerprint density at radius 3 is 2.24 bits per heavy atom. The molecule has 94 valence electrons. The molecule has 1 aromatic rings. The molecule has 0 aromatic heterocycles. The Kier molecular flexibility index (Phi) is 4.40. The lowest BCUT2D eigenvalue weighted by atomic mass is 10.2. The number of benzene rings is 1. The van der Waals surface area contributed by atoms with E-state index in [-0.39, 0.29) is 17.5 Å². The maximum Gasteiger partial charge on any atom is 0.253 e. The zero-order valence-corrected chi connectivity index (χ0v) is 10.1. The van der Waals surface area contributed by atoms with E-state index < -0.39 is 23.4 Å². The fraction of sp³-hybridized carbons (Fsp3) is 0.364. The zero-order chi connectivity index (χ0) is 13.2. The molecule has 0 fully saturated rings. The van der Waals surface area contributed by atoms with E-state index in [1.165, 1.54) is 11.9 Å². The fourth-order valence-corrected chi connectivity index (χ4v) is 1.57. The molecule has 1 rings (SSSR count). The van der Waals surface area contributed by atoms with Gasteiger partial charge in [0, 0.05) is 24.5 Å². The van der Waals surface area contributed by atoms with Gasteiger partial charge in [0.1, 0.15) is 0 Å². The van der Waals surface area contributed by atoms with Gasteiger partial charge in [-0.3, -0.25) is 4.79 Å². The number of hydrogen-bond acceptors (Lipinski definition) is 1. The second kappa shape index (κ2) is 5.40. The molecule has 0 N–H and O–H groups in total. The number of hydrogen-bond donors (Lipinski definition) is 0. The van der Waals surface area contributed by atoms with E-state index in [0.717, 1.165) is 0 Å². The van der Waals surface area contributed by atoms with Crippen molar-refractivity contribution >= 4 is 17.5 Å². The Balaban J connectivity index is 2.97. The lowest BCUT2D eigenvalue weighted by Gasteiger charge is -2.18. The minimum absolute atomic E-state index is 0.223. The highest BCUT2D eigenvalue weighted by Gasteiger charge is 2.18. The molecule has 0 saturated heterocycles. The normalized spacial score (nSPS) is 12.4. The summed E-state index contributed by atoms with van der Waals surface area (Å²) in [5.74, 6) is -4.98. The van der Waals surface area contributed by atoms with Crippen LogP contribution in [0.1, 0.15) is 17.3 Å². The average molecular weight is 266 g/mol. The highest BCUT2D eigenvalue weighted by molar-refractivity contribution is 6.20. The first kappa shape index (κ1) is 13.8. The van der Waals surface area contributed by atoms with Crippen molar-refractivity contribution in [3.63, 3.8) is 0 Å². The van der Waals surface area contributed by atoms with Crippen LogP contribution < -0.4 is 0 Å². The summed E-state index contributed by atoms with van der Waals surface area (Å²) in [7, 11) is 1.44. The van der Waals surface area contributed by atoms with E-state index >= 15 is 0 Å². The maximum absolute atomic E-state index is 12.9. The van der Waals surface area contributed by atoms with Crippen molar-refractivity contribution in [2.24, 2.45) is 0 Å². The number of amides is 1. The minimum Gasteiger partial charge on any atom is -0.340 e. The van der Waals surface area contributed by atoms with Gasteiger partial charge in [0.25, 0.3) is 5.91 Å². The Labute approximate surface area is 102 Å². The van der Waals surface area contributed by atoms with Crippen LogP contribution in [0.3, 0.4) is 0 Å². The molecule has 6 heteroatoms. The third-order valence-electron chi connectivity index (χ3n) is 2.10. The lowest BCUT2D eigenvalue weighted by Crippen LogP contribution is -2.31. The molecule has 2 nitrogen and oxygen atoms in total. The predicted molar refractivity (Wildman–Crippen MR) is 58.6 cm³/mol. The van der Waals surface area contributed by atoms with Gasteiger partial charge in [0.2, 0.25) is 0 Å². The topological polar surface area (TPSA) is 20.3 Å². The molecule has 0 spiro atoms. The summed E-state index contributed by atoms with van der Waals surface area (Å²) in [4.78, 5) is 12.9. The smallest absolute Gasteiger partial charge is 0.253 e. The van der Waals surface area contributed by atoms with Crippen molar-refractivity contribution in [3.05, 3.63) is 35.1 Å². The summed E-state index contributed by atoms with van der Waals surface area (Å²) in [5.41, 5.74) is -0.249. The summed E-state index contributed by atoms with van der Waals surface area (Å²) in [6.07, 6.45) is 0. The van der Waals surface area contributed by atoms with Gasteiger partial charge in [0.05, 0.1) is 0 Å². The summed E-state index contributed by atoms with van der Waals surface area (Å²) in [6, 6.07) is 1.33. The number of nitrogens with zero attached hydrogens (tertiary/aromatic N) is 1. The molecule has 0 aliphatic rings. The van der Waals surface area contributed by atoms with E-state index in [9.17, 15) is 18.0 Å². The van der Waals surface area contributed by atoms with Crippen LogP contribution in [0.5, 0.6) is 0 Å². The fourth-order valence-electron chi connectivity index (χ4n) is 1.36. The van der Waals surface area contributed by atoms with Gasteiger partial charge >= 0.3 is 0 Å². The third kappa shape index (κ3) is 3.36. The van der Waals surface area contributed by atoms with Gasteiger partial charge in [-0.2, -0.15) is 0 Å². The van der Waals surface area contributed by atoms with Crippen molar-refractivity contribution in [3.8, 4) is 0 Å². The molecule has 0 radical (unpaired) electrons. The second-order valence-corrected chi connectivity index (χ2v) is 4.47. The molecule has 0 bridgehead atoms. The van der Waals surface area contributed by atoms with Crippen LogP contribution in [0.2, 0.25) is 0 Å². The zero-order valence-electron chi connectivity index (χ0n) is 9.31. The first-order valence-electron chi connectivity index (χ1n) is 4.87. The van der Waals surface area contributed by atoms with E-state index in [1.807, 2.05) is 0 Å². The first-order valence-corrected chi connectivity index (χ1v) is 5.30. The molecule has 0 aliphatic carbocycles. The lowest BCUT2D eigenvalue weighted by molar-refractivity contribution is 0.0795. The van der Waals surface area contributed by atoms with Crippen molar-refractivity contribution < 1.29 is 18.0 Å². The maximum atomic E-state index is 12.9. The first-order chi connectivity index (χ1) is 7.82. The number of halogens is 4. The van der Waals surface area contributed by atoms with Crippen LogP contribution >= 0.6 is 11.6 Å². The third-order valence-corrected chi connectivity index (χ3v) is 2.24. The summed E-state index contributed by atoms with van der Waals surface area (Å²) in [5, 5.41) is -0.293. The average Bonchev–Trinajstić information content (AvgIpc) is 2.23. The second-order valence-electron chi connectivity index (χ2n) is 3.72. The van der Waals surface area contributed by atoms with Gasteiger partial charge in [-0.25, -0.2) is 13.2 Å². The van der Waals surface area contributed by atoms with Crippen LogP contribution in [-0.2, 0) is 0 Å². The van der Waals surface area contributed by atoms with E-state index in [1.54, 1.807) is 6.92 Å². The molecular formula is C11H11ClF3NO. The molecule has 0 heterocycles. The highest BCUT2D eigenvalue weighted by Crippen LogP contribution is 2.15. The van der Waals surface area contributed by atoms with Crippen molar-refractivity contribution in [1.29, 1.82) is 0 Å². The van der Waals surface area contributed by atoms with Crippen molar-refractivity contribution in [2.45, 2.75) is 12.3 Å². The molecule has 17 heavy (non-hydrogen) atoms. The van der Waals surface area contributed by atoms with E-state index in [4.69, 9.17) is 11.6 Å². The van der Waals surface area contributed by atoms with Gasteiger partial charge in [-0.15, -0.1) is 11.6 Å². The van der Waals surface area contributed by atoms with Crippen LogP contribution in [0, 0.1) is 17.5 Å². The molecular weight excluding hydrogens is 255 g/mol. The van der Waals surface area contributed by atoms with E-state index in [0.29, 0.717) is 12.1 Å². The van der Waals surface area contributed by atoms with Crippen LogP contribution in [0.15, 0.2) is 12.1 Å². The monoisotopic (exact) mass is 265 g/mol. The summed E-state index contributed by atoms with van der Waals surface area (Å²) >= 11 is 5.69. The van der Waals surface area contributed by atoms with Crippen LogP contribution in [0.4, 0.5) is 13.2 Å². The van der Waals surface area contributed by atoms with Gasteiger partial charge in [0.15, 0.2) is 17.5 Å². The Morgan fingerprint density at radius 1 is 1.35 bits per heavy atom. The minimum atomic E-state index is -1.59. The molecule has 0 aliphatic heterocycles. The number of alkyl halides is 1. The Morgan fingerprint density at radius 2 is 1.82 bits per heavy atom. The molecule has 1 atom stereocenters. The molecule has 0 saturated carbocycles. The predicted octanol–water partition coefficient (Wildman–Crippen LogP) is 2.80. The molecule has 1 amide bonds. The van der Waals surface area contributed by atoms with Crippen LogP contribution in [0.25, 0.3) is 0 Å².